The maximum Gasteiger partial charge on any atom is 0.311 e. The van der Waals surface area contributed by atoms with Crippen molar-refractivity contribution in [1.82, 2.24) is 5.06 Å². The van der Waals surface area contributed by atoms with Crippen molar-refractivity contribution in [3.8, 4) is 0 Å². The van der Waals surface area contributed by atoms with Crippen molar-refractivity contribution in [1.29, 1.82) is 0 Å². The molecule has 120 valence electrons. The minimum Gasteiger partial charge on any atom is -0.481 e. The van der Waals surface area contributed by atoms with Crippen molar-refractivity contribution < 1.29 is 19.5 Å². The van der Waals surface area contributed by atoms with Crippen LogP contribution in [0.2, 0.25) is 0 Å². The van der Waals surface area contributed by atoms with E-state index in [1.54, 1.807) is 0 Å². The van der Waals surface area contributed by atoms with Gasteiger partial charge in [-0.25, -0.2) is 5.06 Å². The predicted molar refractivity (Wildman–Crippen MR) is 81.8 cm³/mol. The molecule has 1 aromatic carbocycles. The standard InChI is InChI=1S/C17H23NO4/c19-14-18(22-12-15-8-4-3-5-9-15)13-17(16(20)21)10-6-1-2-7-11-17/h3-5,8-9,14H,1-2,6-7,10-13H2,(H,20,21). The summed E-state index contributed by atoms with van der Waals surface area (Å²) < 4.78 is 0. The van der Waals surface area contributed by atoms with Gasteiger partial charge in [-0.15, -0.1) is 0 Å². The first-order valence-electron chi connectivity index (χ1n) is 7.78. The van der Waals surface area contributed by atoms with Gasteiger partial charge in [0.1, 0.15) is 6.61 Å². The van der Waals surface area contributed by atoms with E-state index in [-0.39, 0.29) is 13.2 Å². The second kappa shape index (κ2) is 7.94. The van der Waals surface area contributed by atoms with E-state index in [0.717, 1.165) is 36.3 Å². The number of rotatable bonds is 7. The molecule has 0 bridgehead atoms. The number of hydrogen-bond acceptors (Lipinski definition) is 3. The number of carboxylic acids is 1. The predicted octanol–water partition coefficient (Wildman–Crippen LogP) is 3.00. The lowest BCUT2D eigenvalue weighted by atomic mass is 9.80. The Hall–Kier alpha value is -1.88. The molecule has 0 aliphatic heterocycles. The van der Waals surface area contributed by atoms with Gasteiger partial charge in [-0.1, -0.05) is 56.0 Å². The van der Waals surface area contributed by atoms with Crippen molar-refractivity contribution in [2.45, 2.75) is 45.1 Å². The van der Waals surface area contributed by atoms with E-state index in [9.17, 15) is 14.7 Å². The summed E-state index contributed by atoms with van der Waals surface area (Å²) in [6.07, 6.45) is 5.67. The Morgan fingerprint density at radius 2 is 1.82 bits per heavy atom. The van der Waals surface area contributed by atoms with Crippen molar-refractivity contribution in [2.24, 2.45) is 5.41 Å². The van der Waals surface area contributed by atoms with E-state index < -0.39 is 11.4 Å². The number of hydroxylamine groups is 2. The molecule has 1 aliphatic rings. The molecule has 1 amide bonds. The highest BCUT2D eigenvalue weighted by molar-refractivity contribution is 5.75. The molecule has 22 heavy (non-hydrogen) atoms. The van der Waals surface area contributed by atoms with Crippen molar-refractivity contribution in [3.63, 3.8) is 0 Å². The number of hydrogen-bond donors (Lipinski definition) is 1. The fourth-order valence-electron chi connectivity index (χ4n) is 2.99. The topological polar surface area (TPSA) is 66.8 Å². The van der Waals surface area contributed by atoms with E-state index >= 15 is 0 Å². The molecule has 1 N–H and O–H groups in total. The normalized spacial score (nSPS) is 17.5. The molecule has 5 nitrogen and oxygen atoms in total. The second-order valence-corrected chi connectivity index (χ2v) is 5.94. The van der Waals surface area contributed by atoms with Gasteiger partial charge in [-0.05, 0) is 18.4 Å². The van der Waals surface area contributed by atoms with Crippen LogP contribution in [0.1, 0.15) is 44.1 Å². The third-order valence-electron chi connectivity index (χ3n) is 4.33. The van der Waals surface area contributed by atoms with Gasteiger partial charge in [-0.2, -0.15) is 0 Å². The van der Waals surface area contributed by atoms with Crippen LogP contribution < -0.4 is 0 Å². The Labute approximate surface area is 130 Å². The SMILES string of the molecule is O=CN(CC1(C(=O)O)CCCCCC1)OCc1ccccc1. The van der Waals surface area contributed by atoms with Gasteiger partial charge < -0.3 is 5.11 Å². The summed E-state index contributed by atoms with van der Waals surface area (Å²) in [6, 6.07) is 9.51. The van der Waals surface area contributed by atoms with Crippen LogP contribution in [0, 0.1) is 5.41 Å². The van der Waals surface area contributed by atoms with Crippen LogP contribution in [-0.4, -0.2) is 29.1 Å². The van der Waals surface area contributed by atoms with Gasteiger partial charge in [0.2, 0.25) is 6.41 Å². The quantitative estimate of drug-likeness (QED) is 0.478. The van der Waals surface area contributed by atoms with Crippen LogP contribution >= 0.6 is 0 Å². The monoisotopic (exact) mass is 305 g/mol. The summed E-state index contributed by atoms with van der Waals surface area (Å²) in [5.74, 6) is -0.829. The second-order valence-electron chi connectivity index (χ2n) is 5.94. The molecule has 0 spiro atoms. The van der Waals surface area contributed by atoms with Crippen molar-refractivity contribution in [3.05, 3.63) is 35.9 Å². The average Bonchev–Trinajstić information content (AvgIpc) is 2.79. The molecule has 5 heteroatoms. The molecule has 1 aromatic rings. The third-order valence-corrected chi connectivity index (χ3v) is 4.33. The van der Waals surface area contributed by atoms with Gasteiger partial charge >= 0.3 is 5.97 Å². The molecule has 0 heterocycles. The highest BCUT2D eigenvalue weighted by Crippen LogP contribution is 2.36. The first-order valence-corrected chi connectivity index (χ1v) is 7.78. The number of amides is 1. The van der Waals surface area contributed by atoms with Gasteiger partial charge in [0, 0.05) is 0 Å². The highest BCUT2D eigenvalue weighted by atomic mass is 16.7. The van der Waals surface area contributed by atoms with Crippen LogP contribution in [0.5, 0.6) is 0 Å². The smallest absolute Gasteiger partial charge is 0.311 e. The fourth-order valence-corrected chi connectivity index (χ4v) is 2.99. The summed E-state index contributed by atoms with van der Waals surface area (Å²) in [5, 5.41) is 10.8. The van der Waals surface area contributed by atoms with E-state index in [0.29, 0.717) is 19.3 Å². The zero-order valence-electron chi connectivity index (χ0n) is 12.7. The molecule has 0 radical (unpaired) electrons. The van der Waals surface area contributed by atoms with Gasteiger partial charge in [-0.3, -0.25) is 14.4 Å². The minimum absolute atomic E-state index is 0.110. The largest absolute Gasteiger partial charge is 0.481 e. The number of nitrogens with zero attached hydrogens (tertiary/aromatic N) is 1. The summed E-state index contributed by atoms with van der Waals surface area (Å²) in [6.45, 7) is 0.369. The summed E-state index contributed by atoms with van der Waals surface area (Å²) in [5.41, 5.74) is 0.0632. The third kappa shape index (κ3) is 4.31. The van der Waals surface area contributed by atoms with Gasteiger partial charge in [0.05, 0.1) is 12.0 Å². The number of carbonyl (C=O) groups excluding carboxylic acids is 1. The summed E-state index contributed by atoms with van der Waals surface area (Å²) >= 11 is 0. The van der Waals surface area contributed by atoms with Gasteiger partial charge in [0.25, 0.3) is 0 Å². The molecule has 1 fully saturated rings. The molecule has 1 aliphatic carbocycles. The van der Waals surface area contributed by atoms with Crippen LogP contribution in [0.15, 0.2) is 30.3 Å². The van der Waals surface area contributed by atoms with Crippen LogP contribution in [0.25, 0.3) is 0 Å². The van der Waals surface area contributed by atoms with Crippen LogP contribution in [0.4, 0.5) is 0 Å². The van der Waals surface area contributed by atoms with E-state index in [1.165, 1.54) is 0 Å². The molecule has 0 unspecified atom stereocenters. The molecule has 0 aromatic heterocycles. The number of carboxylic acid groups (broad SMARTS) is 1. The van der Waals surface area contributed by atoms with E-state index in [1.807, 2.05) is 30.3 Å². The Bertz CT molecular complexity index is 481. The summed E-state index contributed by atoms with van der Waals surface area (Å²) in [7, 11) is 0. The minimum atomic E-state index is -0.881. The van der Waals surface area contributed by atoms with Crippen molar-refractivity contribution in [2.75, 3.05) is 6.54 Å². The number of benzene rings is 1. The van der Waals surface area contributed by atoms with Crippen LogP contribution in [0.3, 0.4) is 0 Å². The first kappa shape index (κ1) is 16.5. The maximum absolute atomic E-state index is 11.8. The summed E-state index contributed by atoms with van der Waals surface area (Å²) in [4.78, 5) is 28.5. The average molecular weight is 305 g/mol. The molecule has 0 atom stereocenters. The molecular weight excluding hydrogens is 282 g/mol. The number of carbonyl (C=O) groups is 2. The highest BCUT2D eigenvalue weighted by Gasteiger charge is 2.40. The lowest BCUT2D eigenvalue weighted by molar-refractivity contribution is -0.192. The first-order chi connectivity index (χ1) is 10.7. The lowest BCUT2D eigenvalue weighted by Crippen LogP contribution is -2.42. The Kier molecular flexibility index (Phi) is 5.95. The van der Waals surface area contributed by atoms with E-state index in [4.69, 9.17) is 4.84 Å². The Morgan fingerprint density at radius 3 is 2.36 bits per heavy atom. The molecular formula is C17H23NO4. The lowest BCUT2D eigenvalue weighted by Gasteiger charge is -2.31. The maximum atomic E-state index is 11.8. The Balaban J connectivity index is 1.99. The Morgan fingerprint density at radius 1 is 1.18 bits per heavy atom. The molecule has 2 rings (SSSR count). The zero-order chi connectivity index (χ0) is 15.8. The van der Waals surface area contributed by atoms with E-state index in [2.05, 4.69) is 0 Å². The zero-order valence-corrected chi connectivity index (χ0v) is 12.7. The number of aliphatic carboxylic acids is 1. The van der Waals surface area contributed by atoms with Gasteiger partial charge in [0.15, 0.2) is 0 Å². The van der Waals surface area contributed by atoms with Crippen LogP contribution in [-0.2, 0) is 21.0 Å². The molecule has 1 saturated carbocycles. The molecule has 0 saturated heterocycles. The fraction of sp³-hybridized carbons (Fsp3) is 0.529. The van der Waals surface area contributed by atoms with Crippen molar-refractivity contribution >= 4 is 12.4 Å².